The van der Waals surface area contributed by atoms with Crippen LogP contribution in [-0.2, 0) is 10.2 Å². The molecule has 2 N–H and O–H groups in total. The fraction of sp³-hybridized carbons (Fsp3) is 0.700. The lowest BCUT2D eigenvalue weighted by atomic mass is 9.85. The van der Waals surface area contributed by atoms with Gasteiger partial charge in [0.15, 0.2) is 0 Å². The molecule has 1 fully saturated rings. The number of aryl methyl sites for hydroxylation is 1. The fourth-order valence-corrected chi connectivity index (χ4v) is 3.17. The third-order valence-corrected chi connectivity index (χ3v) is 4.84. The van der Waals surface area contributed by atoms with Crippen LogP contribution in [0, 0.1) is 6.92 Å². The molecule has 0 bridgehead atoms. The minimum atomic E-state index is 0.0922. The largest absolute Gasteiger partial charge is 0.491 e. The number of hydrogen-bond acceptors (Lipinski definition) is 2. The van der Waals surface area contributed by atoms with E-state index < -0.39 is 0 Å². The quantitative estimate of drug-likeness (QED) is 0.691. The van der Waals surface area contributed by atoms with Crippen molar-refractivity contribution in [3.63, 3.8) is 0 Å². The Kier molecular flexibility index (Phi) is 7.08. The molecular formula is C20H36N2O2+2. The SMILES string of the molecule is Cc1ccc(OCCOCC[NH+]2CC[NH+](C)CC2)c(C(C)(C)C)c1. The molecule has 4 heteroatoms. The van der Waals surface area contributed by atoms with E-state index in [2.05, 4.69) is 52.9 Å². The van der Waals surface area contributed by atoms with E-state index in [1.165, 1.54) is 37.3 Å². The topological polar surface area (TPSA) is 27.3 Å². The predicted molar refractivity (Wildman–Crippen MR) is 98.4 cm³/mol. The fourth-order valence-electron chi connectivity index (χ4n) is 3.17. The van der Waals surface area contributed by atoms with Gasteiger partial charge < -0.3 is 19.3 Å². The smallest absolute Gasteiger partial charge is 0.127 e. The van der Waals surface area contributed by atoms with Crippen LogP contribution < -0.4 is 14.5 Å². The first-order chi connectivity index (χ1) is 11.4. The highest BCUT2D eigenvalue weighted by Gasteiger charge is 2.20. The second-order valence-electron chi connectivity index (χ2n) is 8.17. The molecular weight excluding hydrogens is 300 g/mol. The minimum Gasteiger partial charge on any atom is -0.491 e. The van der Waals surface area contributed by atoms with Gasteiger partial charge in [-0.1, -0.05) is 38.5 Å². The zero-order chi connectivity index (χ0) is 17.6. The number of quaternary nitrogens is 2. The molecule has 1 aliphatic rings. The standard InChI is InChI=1S/C20H34N2O2/c1-17-6-7-19(18(16-17)20(2,3)4)24-15-14-23-13-12-22-10-8-21(5)9-11-22/h6-7,16H,8-15H2,1-5H3/p+2. The van der Waals surface area contributed by atoms with Gasteiger partial charge in [-0.05, 0) is 24.0 Å². The Morgan fingerprint density at radius 2 is 1.71 bits per heavy atom. The normalized spacial score (nSPS) is 21.7. The molecule has 1 aliphatic heterocycles. The molecule has 4 nitrogen and oxygen atoms in total. The average Bonchev–Trinajstić information content (AvgIpc) is 2.52. The highest BCUT2D eigenvalue weighted by atomic mass is 16.5. The first kappa shape index (κ1) is 19.2. The van der Waals surface area contributed by atoms with Gasteiger partial charge in [-0.15, -0.1) is 0 Å². The summed E-state index contributed by atoms with van der Waals surface area (Å²) in [7, 11) is 2.28. The minimum absolute atomic E-state index is 0.0922. The van der Waals surface area contributed by atoms with Crippen LogP contribution >= 0.6 is 0 Å². The van der Waals surface area contributed by atoms with Gasteiger partial charge in [0.2, 0.25) is 0 Å². The summed E-state index contributed by atoms with van der Waals surface area (Å²) in [6.45, 7) is 17.1. The molecule has 0 radical (unpaired) electrons. The van der Waals surface area contributed by atoms with Gasteiger partial charge in [0, 0.05) is 0 Å². The number of piperazine rings is 1. The van der Waals surface area contributed by atoms with Gasteiger partial charge in [0.25, 0.3) is 0 Å². The molecule has 136 valence electrons. The summed E-state index contributed by atoms with van der Waals surface area (Å²) >= 11 is 0. The maximum atomic E-state index is 5.99. The van der Waals surface area contributed by atoms with Crippen LogP contribution in [0.2, 0.25) is 0 Å². The Morgan fingerprint density at radius 1 is 1.00 bits per heavy atom. The molecule has 0 atom stereocenters. The van der Waals surface area contributed by atoms with E-state index in [0.29, 0.717) is 13.2 Å². The number of benzene rings is 1. The molecule has 0 saturated carbocycles. The molecule has 1 aromatic carbocycles. The van der Waals surface area contributed by atoms with Crippen molar-refractivity contribution in [1.29, 1.82) is 0 Å². The molecule has 2 rings (SSSR count). The number of hydrogen-bond donors (Lipinski definition) is 2. The van der Waals surface area contributed by atoms with E-state index in [1.807, 2.05) is 0 Å². The first-order valence-electron chi connectivity index (χ1n) is 9.33. The van der Waals surface area contributed by atoms with Crippen molar-refractivity contribution in [1.82, 2.24) is 0 Å². The Bertz CT molecular complexity index is 503. The van der Waals surface area contributed by atoms with Crippen molar-refractivity contribution in [3.8, 4) is 5.75 Å². The average molecular weight is 337 g/mol. The summed E-state index contributed by atoms with van der Waals surface area (Å²) in [6, 6.07) is 6.44. The Labute approximate surface area is 147 Å². The lowest BCUT2D eigenvalue weighted by Crippen LogP contribution is -3.27. The lowest BCUT2D eigenvalue weighted by molar-refractivity contribution is -1.00. The van der Waals surface area contributed by atoms with Gasteiger partial charge in [-0.3, -0.25) is 0 Å². The first-order valence-corrected chi connectivity index (χ1v) is 9.33. The molecule has 1 saturated heterocycles. The van der Waals surface area contributed by atoms with Crippen LogP contribution in [0.4, 0.5) is 0 Å². The van der Waals surface area contributed by atoms with Gasteiger partial charge in [0.1, 0.15) is 45.1 Å². The molecule has 1 heterocycles. The third-order valence-electron chi connectivity index (χ3n) is 4.84. The van der Waals surface area contributed by atoms with E-state index in [1.54, 1.807) is 9.80 Å². The zero-order valence-electron chi connectivity index (χ0n) is 16.2. The second-order valence-corrected chi connectivity index (χ2v) is 8.17. The van der Waals surface area contributed by atoms with E-state index in [-0.39, 0.29) is 5.41 Å². The van der Waals surface area contributed by atoms with Crippen LogP contribution in [0.25, 0.3) is 0 Å². The summed E-state index contributed by atoms with van der Waals surface area (Å²) < 4.78 is 11.8. The van der Waals surface area contributed by atoms with Gasteiger partial charge >= 0.3 is 0 Å². The summed E-state index contributed by atoms with van der Waals surface area (Å²) in [5.41, 5.74) is 2.64. The number of ether oxygens (including phenoxy) is 2. The van der Waals surface area contributed by atoms with Crippen LogP contribution in [0.1, 0.15) is 31.9 Å². The third kappa shape index (κ3) is 6.08. The van der Waals surface area contributed by atoms with E-state index in [9.17, 15) is 0 Å². The summed E-state index contributed by atoms with van der Waals surface area (Å²) in [6.07, 6.45) is 0. The van der Waals surface area contributed by atoms with Crippen molar-refractivity contribution in [2.75, 3.05) is 59.6 Å². The molecule has 24 heavy (non-hydrogen) atoms. The van der Waals surface area contributed by atoms with Crippen LogP contribution in [0.15, 0.2) is 18.2 Å². The van der Waals surface area contributed by atoms with Gasteiger partial charge in [-0.25, -0.2) is 0 Å². The maximum absolute atomic E-state index is 5.99. The Hall–Kier alpha value is -1.10. The summed E-state index contributed by atoms with van der Waals surface area (Å²) in [5, 5.41) is 0. The molecule has 0 unspecified atom stereocenters. The Morgan fingerprint density at radius 3 is 2.38 bits per heavy atom. The van der Waals surface area contributed by atoms with Crippen molar-refractivity contribution in [2.24, 2.45) is 0 Å². The molecule has 0 spiro atoms. The predicted octanol–water partition coefficient (Wildman–Crippen LogP) is 0.101. The van der Waals surface area contributed by atoms with E-state index in [4.69, 9.17) is 9.47 Å². The number of likely N-dealkylation sites (N-methyl/N-ethyl adjacent to an activating group) is 1. The van der Waals surface area contributed by atoms with Crippen LogP contribution in [0.5, 0.6) is 5.75 Å². The Balaban J connectivity index is 1.67. The molecule has 1 aromatic rings. The van der Waals surface area contributed by atoms with Crippen molar-refractivity contribution < 1.29 is 19.3 Å². The number of nitrogens with one attached hydrogen (secondary N) is 2. The highest BCUT2D eigenvalue weighted by molar-refractivity contribution is 5.41. The van der Waals surface area contributed by atoms with Crippen molar-refractivity contribution in [3.05, 3.63) is 29.3 Å². The lowest BCUT2D eigenvalue weighted by Gasteiger charge is -2.27. The van der Waals surface area contributed by atoms with Crippen molar-refractivity contribution in [2.45, 2.75) is 33.1 Å². The van der Waals surface area contributed by atoms with Crippen LogP contribution in [0.3, 0.4) is 0 Å². The summed E-state index contributed by atoms with van der Waals surface area (Å²) in [5.74, 6) is 0.990. The number of rotatable bonds is 7. The summed E-state index contributed by atoms with van der Waals surface area (Å²) in [4.78, 5) is 3.33. The molecule has 0 aromatic heterocycles. The van der Waals surface area contributed by atoms with Gasteiger partial charge in [0.05, 0.1) is 20.3 Å². The zero-order valence-corrected chi connectivity index (χ0v) is 16.2. The van der Waals surface area contributed by atoms with Crippen molar-refractivity contribution >= 4 is 0 Å². The second kappa shape index (κ2) is 8.84. The maximum Gasteiger partial charge on any atom is 0.127 e. The van der Waals surface area contributed by atoms with Gasteiger partial charge in [-0.2, -0.15) is 0 Å². The monoisotopic (exact) mass is 336 g/mol. The van der Waals surface area contributed by atoms with Crippen LogP contribution in [-0.4, -0.2) is 59.6 Å². The van der Waals surface area contributed by atoms with E-state index in [0.717, 1.165) is 18.9 Å². The molecule has 0 aliphatic carbocycles. The molecule has 0 amide bonds. The highest BCUT2D eigenvalue weighted by Crippen LogP contribution is 2.32. The van der Waals surface area contributed by atoms with E-state index >= 15 is 0 Å².